The first-order valence-corrected chi connectivity index (χ1v) is 7.61. The lowest BCUT2D eigenvalue weighted by molar-refractivity contribution is -0.116. The van der Waals surface area contributed by atoms with Crippen LogP contribution in [0.25, 0.3) is 0 Å². The predicted molar refractivity (Wildman–Crippen MR) is 84.0 cm³/mol. The fraction of sp³-hybridized carbons (Fsp3) is 0.250. The molecule has 0 radical (unpaired) electrons. The van der Waals surface area contributed by atoms with E-state index >= 15 is 0 Å². The predicted octanol–water partition coefficient (Wildman–Crippen LogP) is 3.72. The van der Waals surface area contributed by atoms with Gasteiger partial charge >= 0.3 is 5.97 Å². The molecule has 110 valence electrons. The second-order valence-electron chi connectivity index (χ2n) is 4.78. The zero-order valence-electron chi connectivity index (χ0n) is 11.8. The van der Waals surface area contributed by atoms with Crippen LogP contribution in [0.4, 0.5) is 5.69 Å². The molecule has 1 heterocycles. The van der Waals surface area contributed by atoms with Gasteiger partial charge in [-0.05, 0) is 42.8 Å². The molecule has 2 rings (SSSR count). The average molecular weight is 303 g/mol. The summed E-state index contributed by atoms with van der Waals surface area (Å²) in [5.41, 5.74) is 1.27. The van der Waals surface area contributed by atoms with Crippen molar-refractivity contribution in [2.45, 2.75) is 26.2 Å². The summed E-state index contributed by atoms with van der Waals surface area (Å²) in [4.78, 5) is 24.4. The zero-order chi connectivity index (χ0) is 15.2. The molecule has 0 atom stereocenters. The number of rotatable bonds is 6. The number of carbonyl (C=O) groups is 2. The van der Waals surface area contributed by atoms with Crippen molar-refractivity contribution in [2.75, 3.05) is 5.32 Å². The largest absolute Gasteiger partial charge is 0.478 e. The number of hydrogen-bond donors (Lipinski definition) is 2. The van der Waals surface area contributed by atoms with E-state index in [1.807, 2.05) is 17.5 Å². The Morgan fingerprint density at radius 1 is 1.24 bits per heavy atom. The molecule has 0 unspecified atom stereocenters. The fourth-order valence-electron chi connectivity index (χ4n) is 2.09. The van der Waals surface area contributed by atoms with Gasteiger partial charge in [-0.15, -0.1) is 11.3 Å². The summed E-state index contributed by atoms with van der Waals surface area (Å²) in [5.74, 6) is -1.18. The SMILES string of the molecule is Cc1cccc(C(=O)O)c1NC(=O)CCCc1cccs1. The first-order chi connectivity index (χ1) is 10.1. The summed E-state index contributed by atoms with van der Waals surface area (Å²) in [7, 11) is 0. The van der Waals surface area contributed by atoms with E-state index in [0.29, 0.717) is 12.1 Å². The van der Waals surface area contributed by atoms with Crippen LogP contribution in [0.3, 0.4) is 0 Å². The number of anilines is 1. The highest BCUT2D eigenvalue weighted by atomic mass is 32.1. The van der Waals surface area contributed by atoms with Crippen molar-refractivity contribution in [3.63, 3.8) is 0 Å². The Kier molecular flexibility index (Phi) is 5.11. The lowest BCUT2D eigenvalue weighted by atomic mass is 10.1. The van der Waals surface area contributed by atoms with Gasteiger partial charge in [-0.2, -0.15) is 0 Å². The Morgan fingerprint density at radius 2 is 2.05 bits per heavy atom. The number of amides is 1. The minimum Gasteiger partial charge on any atom is -0.478 e. The molecular formula is C16H17NO3S. The van der Waals surface area contributed by atoms with Crippen LogP contribution < -0.4 is 5.32 Å². The molecule has 21 heavy (non-hydrogen) atoms. The summed E-state index contributed by atoms with van der Waals surface area (Å²) < 4.78 is 0. The third-order valence-electron chi connectivity index (χ3n) is 3.17. The standard InChI is InChI=1S/C16H17NO3S/c1-11-5-2-8-13(16(19)20)15(11)17-14(18)9-3-6-12-7-4-10-21-12/h2,4-5,7-8,10H,3,6,9H2,1H3,(H,17,18)(H,19,20). The maximum absolute atomic E-state index is 12.0. The van der Waals surface area contributed by atoms with Crippen LogP contribution in [-0.2, 0) is 11.2 Å². The van der Waals surface area contributed by atoms with Gasteiger partial charge in [0.15, 0.2) is 0 Å². The molecule has 1 aromatic carbocycles. The van der Waals surface area contributed by atoms with Crippen LogP contribution in [0, 0.1) is 6.92 Å². The van der Waals surface area contributed by atoms with E-state index in [1.165, 1.54) is 10.9 Å². The third kappa shape index (κ3) is 4.16. The van der Waals surface area contributed by atoms with Gasteiger partial charge < -0.3 is 10.4 Å². The van der Waals surface area contributed by atoms with Crippen molar-refractivity contribution >= 4 is 28.9 Å². The average Bonchev–Trinajstić information content (AvgIpc) is 2.94. The van der Waals surface area contributed by atoms with Crippen molar-refractivity contribution in [2.24, 2.45) is 0 Å². The molecule has 2 N–H and O–H groups in total. The Morgan fingerprint density at radius 3 is 2.71 bits per heavy atom. The number of para-hydroxylation sites is 1. The van der Waals surface area contributed by atoms with Crippen LogP contribution in [0.1, 0.15) is 33.6 Å². The Labute approximate surface area is 127 Å². The smallest absolute Gasteiger partial charge is 0.337 e. The van der Waals surface area contributed by atoms with Crippen molar-refractivity contribution < 1.29 is 14.7 Å². The maximum Gasteiger partial charge on any atom is 0.337 e. The number of benzene rings is 1. The van der Waals surface area contributed by atoms with Crippen LogP contribution in [0.15, 0.2) is 35.7 Å². The van der Waals surface area contributed by atoms with Gasteiger partial charge in [0.1, 0.15) is 0 Å². The summed E-state index contributed by atoms with van der Waals surface area (Å²) in [6, 6.07) is 8.99. The van der Waals surface area contributed by atoms with E-state index in [-0.39, 0.29) is 11.5 Å². The first kappa shape index (κ1) is 15.3. The summed E-state index contributed by atoms with van der Waals surface area (Å²) in [6.07, 6.45) is 2.00. The molecule has 0 aliphatic heterocycles. The number of thiophene rings is 1. The number of aromatic carboxylic acids is 1. The molecule has 1 aromatic heterocycles. The van der Waals surface area contributed by atoms with Crippen LogP contribution in [0.5, 0.6) is 0 Å². The maximum atomic E-state index is 12.0. The van der Waals surface area contributed by atoms with Gasteiger partial charge in [0.2, 0.25) is 5.91 Å². The highest BCUT2D eigenvalue weighted by Gasteiger charge is 2.14. The summed E-state index contributed by atoms with van der Waals surface area (Å²) in [5, 5.41) is 13.9. The highest BCUT2D eigenvalue weighted by Crippen LogP contribution is 2.21. The van der Waals surface area contributed by atoms with Gasteiger partial charge in [-0.25, -0.2) is 4.79 Å². The van der Waals surface area contributed by atoms with Gasteiger partial charge in [0.05, 0.1) is 11.3 Å². The second-order valence-corrected chi connectivity index (χ2v) is 5.82. The molecule has 0 aliphatic carbocycles. The van der Waals surface area contributed by atoms with E-state index in [4.69, 9.17) is 5.11 Å². The fourth-order valence-corrected chi connectivity index (χ4v) is 2.84. The van der Waals surface area contributed by atoms with E-state index in [2.05, 4.69) is 5.32 Å². The Bertz CT molecular complexity index is 635. The Balaban J connectivity index is 1.95. The number of carboxylic acids is 1. The van der Waals surface area contributed by atoms with E-state index < -0.39 is 5.97 Å². The number of nitrogens with one attached hydrogen (secondary N) is 1. The van der Waals surface area contributed by atoms with Gasteiger partial charge in [-0.3, -0.25) is 4.79 Å². The molecule has 0 spiro atoms. The van der Waals surface area contributed by atoms with Crippen LogP contribution in [-0.4, -0.2) is 17.0 Å². The number of hydrogen-bond acceptors (Lipinski definition) is 3. The Hall–Kier alpha value is -2.14. The van der Waals surface area contributed by atoms with Gasteiger partial charge in [0, 0.05) is 11.3 Å². The molecule has 0 fully saturated rings. The monoisotopic (exact) mass is 303 g/mol. The highest BCUT2D eigenvalue weighted by molar-refractivity contribution is 7.09. The van der Waals surface area contributed by atoms with E-state index in [0.717, 1.165) is 18.4 Å². The molecule has 4 nitrogen and oxygen atoms in total. The molecule has 1 amide bonds. The summed E-state index contributed by atoms with van der Waals surface area (Å²) >= 11 is 1.68. The van der Waals surface area contributed by atoms with Crippen molar-refractivity contribution in [1.82, 2.24) is 0 Å². The second kappa shape index (κ2) is 7.04. The molecular weight excluding hydrogens is 286 g/mol. The van der Waals surface area contributed by atoms with Crippen molar-refractivity contribution in [1.29, 1.82) is 0 Å². The molecule has 2 aromatic rings. The van der Waals surface area contributed by atoms with Gasteiger partial charge in [0.25, 0.3) is 0 Å². The van der Waals surface area contributed by atoms with E-state index in [9.17, 15) is 9.59 Å². The third-order valence-corrected chi connectivity index (χ3v) is 4.11. The number of aryl methyl sites for hydroxylation is 2. The number of carbonyl (C=O) groups excluding carboxylic acids is 1. The van der Waals surface area contributed by atoms with E-state index in [1.54, 1.807) is 30.4 Å². The topological polar surface area (TPSA) is 66.4 Å². The summed E-state index contributed by atoms with van der Waals surface area (Å²) in [6.45, 7) is 1.79. The quantitative estimate of drug-likeness (QED) is 0.854. The van der Waals surface area contributed by atoms with Crippen molar-refractivity contribution in [3.8, 4) is 0 Å². The van der Waals surface area contributed by atoms with Crippen molar-refractivity contribution in [3.05, 3.63) is 51.7 Å². The molecule has 0 bridgehead atoms. The van der Waals surface area contributed by atoms with Gasteiger partial charge in [-0.1, -0.05) is 18.2 Å². The normalized spacial score (nSPS) is 10.3. The zero-order valence-corrected chi connectivity index (χ0v) is 12.6. The number of carboxylic acid groups (broad SMARTS) is 1. The molecule has 5 heteroatoms. The van der Waals surface area contributed by atoms with Crippen LogP contribution in [0.2, 0.25) is 0 Å². The first-order valence-electron chi connectivity index (χ1n) is 6.73. The lowest BCUT2D eigenvalue weighted by Crippen LogP contribution is -2.15. The minimum absolute atomic E-state index is 0.126. The minimum atomic E-state index is -1.03. The van der Waals surface area contributed by atoms with Crippen LogP contribution >= 0.6 is 11.3 Å². The lowest BCUT2D eigenvalue weighted by Gasteiger charge is -2.11. The molecule has 0 aliphatic rings. The molecule has 0 saturated heterocycles. The molecule has 0 saturated carbocycles.